The molecule has 0 aliphatic heterocycles. The van der Waals surface area contributed by atoms with E-state index < -0.39 is 0 Å². The summed E-state index contributed by atoms with van der Waals surface area (Å²) in [5.74, 6) is 0.354. The summed E-state index contributed by atoms with van der Waals surface area (Å²) in [6, 6.07) is 12.0. The Morgan fingerprint density at radius 1 is 1.14 bits per heavy atom. The first-order chi connectivity index (χ1) is 10.1. The fourth-order valence-corrected chi connectivity index (χ4v) is 2.31. The van der Waals surface area contributed by atoms with Crippen molar-refractivity contribution in [1.82, 2.24) is 0 Å². The lowest BCUT2D eigenvalue weighted by Gasteiger charge is -2.12. The summed E-state index contributed by atoms with van der Waals surface area (Å²) in [5.41, 5.74) is 1.02. The molecule has 3 nitrogen and oxygen atoms in total. The maximum Gasteiger partial charge on any atom is 0.255 e. The number of carbonyl (C=O) groups excluding carboxylic acids is 1. The summed E-state index contributed by atoms with van der Waals surface area (Å²) in [6.45, 7) is 2.62. The second kappa shape index (κ2) is 7.34. The first-order valence-corrected chi connectivity index (χ1v) is 7.35. The number of para-hydroxylation sites is 2. The van der Waals surface area contributed by atoms with Crippen molar-refractivity contribution in [2.24, 2.45) is 0 Å². The molecule has 1 amide bonds. The number of hydrogen-bond donors (Lipinski definition) is 1. The molecular formula is C16H15Cl2NO2. The standard InChI is InChI=1S/C16H15Cl2NO2/c1-2-7-21-15-6-4-3-5-14(15)19-16(20)11-8-12(17)10-13(18)9-11/h3-6,8-10H,2,7H2,1H3,(H,19,20). The normalized spacial score (nSPS) is 10.2. The van der Waals surface area contributed by atoms with E-state index in [2.05, 4.69) is 5.32 Å². The van der Waals surface area contributed by atoms with E-state index in [9.17, 15) is 4.79 Å². The summed E-state index contributed by atoms with van der Waals surface area (Å²) >= 11 is 11.8. The number of halogens is 2. The van der Waals surface area contributed by atoms with Crippen LogP contribution in [0.1, 0.15) is 23.7 Å². The predicted octanol–water partition coefficient (Wildman–Crippen LogP) is 5.03. The monoisotopic (exact) mass is 323 g/mol. The van der Waals surface area contributed by atoms with Gasteiger partial charge < -0.3 is 10.1 Å². The number of anilines is 1. The lowest BCUT2D eigenvalue weighted by atomic mass is 10.2. The van der Waals surface area contributed by atoms with Gasteiger partial charge in [0.25, 0.3) is 5.91 Å². The van der Waals surface area contributed by atoms with Gasteiger partial charge in [-0.15, -0.1) is 0 Å². The van der Waals surface area contributed by atoms with Gasteiger partial charge in [-0.25, -0.2) is 0 Å². The van der Waals surface area contributed by atoms with Gasteiger partial charge in [-0.2, -0.15) is 0 Å². The van der Waals surface area contributed by atoms with Gasteiger partial charge in [0, 0.05) is 15.6 Å². The number of amides is 1. The Morgan fingerprint density at radius 3 is 2.48 bits per heavy atom. The molecule has 21 heavy (non-hydrogen) atoms. The molecule has 110 valence electrons. The van der Waals surface area contributed by atoms with Gasteiger partial charge >= 0.3 is 0 Å². The average molecular weight is 324 g/mol. The summed E-state index contributed by atoms with van der Waals surface area (Å²) in [6.07, 6.45) is 0.895. The van der Waals surface area contributed by atoms with Crippen molar-refractivity contribution in [2.75, 3.05) is 11.9 Å². The molecule has 0 atom stereocenters. The minimum absolute atomic E-state index is 0.285. The van der Waals surface area contributed by atoms with Crippen LogP contribution in [0.25, 0.3) is 0 Å². The van der Waals surface area contributed by atoms with Crippen molar-refractivity contribution in [3.63, 3.8) is 0 Å². The molecule has 0 aliphatic rings. The molecule has 5 heteroatoms. The van der Waals surface area contributed by atoms with E-state index in [1.165, 1.54) is 0 Å². The molecule has 0 radical (unpaired) electrons. The smallest absolute Gasteiger partial charge is 0.255 e. The minimum atomic E-state index is -0.285. The van der Waals surface area contributed by atoms with E-state index in [1.54, 1.807) is 24.3 Å². The maximum absolute atomic E-state index is 12.3. The molecule has 0 heterocycles. The van der Waals surface area contributed by atoms with Crippen LogP contribution >= 0.6 is 23.2 Å². The largest absolute Gasteiger partial charge is 0.491 e. The molecular weight excluding hydrogens is 309 g/mol. The summed E-state index contributed by atoms with van der Waals surface area (Å²) in [5, 5.41) is 3.65. The highest BCUT2D eigenvalue weighted by Crippen LogP contribution is 2.25. The lowest BCUT2D eigenvalue weighted by molar-refractivity contribution is 0.102. The van der Waals surface area contributed by atoms with Gasteiger partial charge in [0.1, 0.15) is 5.75 Å². The molecule has 0 aromatic heterocycles. The van der Waals surface area contributed by atoms with Gasteiger partial charge in [0.15, 0.2) is 0 Å². The molecule has 0 unspecified atom stereocenters. The zero-order valence-corrected chi connectivity index (χ0v) is 13.0. The third kappa shape index (κ3) is 4.38. The van der Waals surface area contributed by atoms with Gasteiger partial charge in [0.05, 0.1) is 12.3 Å². The summed E-state index contributed by atoms with van der Waals surface area (Å²) in [4.78, 5) is 12.3. The van der Waals surface area contributed by atoms with Crippen LogP contribution in [0.3, 0.4) is 0 Å². The molecule has 1 N–H and O–H groups in total. The fraction of sp³-hybridized carbons (Fsp3) is 0.188. The second-order valence-corrected chi connectivity index (χ2v) is 5.33. The first kappa shape index (κ1) is 15.7. The van der Waals surface area contributed by atoms with E-state index in [4.69, 9.17) is 27.9 Å². The highest BCUT2D eigenvalue weighted by atomic mass is 35.5. The molecule has 2 aromatic rings. The van der Waals surface area contributed by atoms with Crippen molar-refractivity contribution in [1.29, 1.82) is 0 Å². The highest BCUT2D eigenvalue weighted by molar-refractivity contribution is 6.35. The molecule has 0 saturated carbocycles. The van der Waals surface area contributed by atoms with E-state index in [1.807, 2.05) is 25.1 Å². The van der Waals surface area contributed by atoms with Crippen LogP contribution in [0, 0.1) is 0 Å². The predicted molar refractivity (Wildman–Crippen MR) is 86.6 cm³/mol. The Hall–Kier alpha value is -1.71. The quantitative estimate of drug-likeness (QED) is 0.837. The number of ether oxygens (including phenoxy) is 1. The van der Waals surface area contributed by atoms with Crippen LogP contribution in [0.5, 0.6) is 5.75 Å². The SMILES string of the molecule is CCCOc1ccccc1NC(=O)c1cc(Cl)cc(Cl)c1. The number of benzene rings is 2. The summed E-state index contributed by atoms with van der Waals surface area (Å²) < 4.78 is 5.60. The van der Waals surface area contributed by atoms with Crippen LogP contribution in [0.15, 0.2) is 42.5 Å². The Kier molecular flexibility index (Phi) is 5.48. The Morgan fingerprint density at radius 2 is 1.81 bits per heavy atom. The van der Waals surface area contributed by atoms with E-state index >= 15 is 0 Å². The second-order valence-electron chi connectivity index (χ2n) is 4.46. The molecule has 0 spiro atoms. The number of nitrogens with one attached hydrogen (secondary N) is 1. The topological polar surface area (TPSA) is 38.3 Å². The van der Waals surface area contributed by atoms with E-state index in [-0.39, 0.29) is 5.91 Å². The third-order valence-corrected chi connectivity index (χ3v) is 3.16. The van der Waals surface area contributed by atoms with Crippen molar-refractivity contribution >= 4 is 34.8 Å². The highest BCUT2D eigenvalue weighted by Gasteiger charge is 2.11. The molecule has 2 aromatic carbocycles. The van der Waals surface area contributed by atoms with Gasteiger partial charge in [-0.05, 0) is 36.8 Å². The Balaban J connectivity index is 2.19. The van der Waals surface area contributed by atoms with E-state index in [0.29, 0.717) is 33.7 Å². The maximum atomic E-state index is 12.3. The Bertz CT molecular complexity index is 624. The van der Waals surface area contributed by atoms with E-state index in [0.717, 1.165) is 6.42 Å². The molecule has 0 fully saturated rings. The molecule has 2 rings (SSSR count). The van der Waals surface area contributed by atoms with Crippen LogP contribution < -0.4 is 10.1 Å². The summed E-state index contributed by atoms with van der Waals surface area (Å²) in [7, 11) is 0. The number of rotatable bonds is 5. The van der Waals surface area contributed by atoms with Crippen LogP contribution in [0.4, 0.5) is 5.69 Å². The molecule has 0 saturated heterocycles. The third-order valence-electron chi connectivity index (χ3n) is 2.72. The first-order valence-electron chi connectivity index (χ1n) is 6.59. The van der Waals surface area contributed by atoms with Crippen LogP contribution in [0.2, 0.25) is 10.0 Å². The van der Waals surface area contributed by atoms with Crippen molar-refractivity contribution in [2.45, 2.75) is 13.3 Å². The van der Waals surface area contributed by atoms with Crippen molar-refractivity contribution < 1.29 is 9.53 Å². The van der Waals surface area contributed by atoms with Crippen LogP contribution in [-0.2, 0) is 0 Å². The number of hydrogen-bond acceptors (Lipinski definition) is 2. The van der Waals surface area contributed by atoms with Crippen LogP contribution in [-0.4, -0.2) is 12.5 Å². The zero-order chi connectivity index (χ0) is 15.2. The van der Waals surface area contributed by atoms with Gasteiger partial charge in [-0.3, -0.25) is 4.79 Å². The Labute approximate surface area is 133 Å². The average Bonchev–Trinajstić information content (AvgIpc) is 2.45. The fourth-order valence-electron chi connectivity index (χ4n) is 1.79. The van der Waals surface area contributed by atoms with Crippen molar-refractivity contribution in [3.05, 3.63) is 58.1 Å². The van der Waals surface area contributed by atoms with Gasteiger partial charge in [-0.1, -0.05) is 42.3 Å². The number of carbonyl (C=O) groups is 1. The zero-order valence-electron chi connectivity index (χ0n) is 11.5. The lowest BCUT2D eigenvalue weighted by Crippen LogP contribution is -2.13. The van der Waals surface area contributed by atoms with Gasteiger partial charge in [0.2, 0.25) is 0 Å². The minimum Gasteiger partial charge on any atom is -0.491 e. The van der Waals surface area contributed by atoms with Crippen molar-refractivity contribution in [3.8, 4) is 5.75 Å². The molecule has 0 aliphatic carbocycles. The molecule has 0 bridgehead atoms.